The highest BCUT2D eigenvalue weighted by Crippen LogP contribution is 2.24. The largest absolute Gasteiger partial charge is 0.372 e. The standard InChI is InChI=1S/C24H42N6/c1-19(2)23(30-15-13-28(5)14-16-30)18-26-24(25-4)27-20(3)21-9-8-10-22(17-21)29-11-6-7-12-29/h8-10,17,19-20,23H,6-7,11-16,18H2,1-5H3,(H2,25,26,27). The Labute approximate surface area is 183 Å². The lowest BCUT2D eigenvalue weighted by Crippen LogP contribution is -2.55. The van der Waals surface area contributed by atoms with Crippen LogP contribution in [0, 0.1) is 5.92 Å². The summed E-state index contributed by atoms with van der Waals surface area (Å²) in [4.78, 5) is 12.0. The van der Waals surface area contributed by atoms with Crippen molar-refractivity contribution < 1.29 is 0 Å². The summed E-state index contributed by atoms with van der Waals surface area (Å²) in [6, 6.07) is 9.69. The van der Waals surface area contributed by atoms with Crippen LogP contribution in [0.4, 0.5) is 5.69 Å². The van der Waals surface area contributed by atoms with E-state index in [1.54, 1.807) is 0 Å². The van der Waals surface area contributed by atoms with E-state index in [2.05, 4.69) is 82.4 Å². The third-order valence-corrected chi connectivity index (χ3v) is 6.67. The Morgan fingerprint density at radius 1 is 1.03 bits per heavy atom. The molecule has 0 spiro atoms. The molecule has 2 N–H and O–H groups in total. The summed E-state index contributed by atoms with van der Waals surface area (Å²) >= 11 is 0. The molecule has 30 heavy (non-hydrogen) atoms. The fourth-order valence-electron chi connectivity index (χ4n) is 4.59. The van der Waals surface area contributed by atoms with Gasteiger partial charge in [0.2, 0.25) is 0 Å². The fraction of sp³-hybridized carbons (Fsp3) is 0.708. The van der Waals surface area contributed by atoms with Crippen molar-refractivity contribution in [1.82, 2.24) is 20.4 Å². The molecule has 2 atom stereocenters. The van der Waals surface area contributed by atoms with Crippen molar-refractivity contribution in [3.63, 3.8) is 0 Å². The van der Waals surface area contributed by atoms with Gasteiger partial charge in [0, 0.05) is 64.6 Å². The second kappa shape index (κ2) is 11.0. The van der Waals surface area contributed by atoms with Crippen LogP contribution in [-0.4, -0.2) is 81.7 Å². The first kappa shape index (κ1) is 22.9. The van der Waals surface area contributed by atoms with E-state index >= 15 is 0 Å². The molecule has 2 fully saturated rings. The van der Waals surface area contributed by atoms with Crippen molar-refractivity contribution in [1.29, 1.82) is 0 Å². The number of guanidine groups is 1. The van der Waals surface area contributed by atoms with Crippen molar-refractivity contribution >= 4 is 11.6 Å². The molecule has 2 saturated heterocycles. The SMILES string of the molecule is CN=C(NCC(C(C)C)N1CCN(C)CC1)NC(C)c1cccc(N2CCCC2)c1. The molecule has 6 nitrogen and oxygen atoms in total. The molecule has 2 heterocycles. The molecule has 0 radical (unpaired) electrons. The van der Waals surface area contributed by atoms with Gasteiger partial charge < -0.3 is 20.4 Å². The Kier molecular flexibility index (Phi) is 8.40. The summed E-state index contributed by atoms with van der Waals surface area (Å²) in [6.07, 6.45) is 2.61. The topological polar surface area (TPSA) is 46.1 Å². The molecule has 0 bridgehead atoms. The van der Waals surface area contributed by atoms with Gasteiger partial charge in [0.1, 0.15) is 0 Å². The Hall–Kier alpha value is -1.79. The number of hydrogen-bond donors (Lipinski definition) is 2. The van der Waals surface area contributed by atoms with Gasteiger partial charge in [-0.2, -0.15) is 0 Å². The summed E-state index contributed by atoms with van der Waals surface area (Å²) in [5, 5.41) is 7.20. The Balaban J connectivity index is 1.56. The number of nitrogens with one attached hydrogen (secondary N) is 2. The zero-order valence-electron chi connectivity index (χ0n) is 19.7. The van der Waals surface area contributed by atoms with E-state index in [0.29, 0.717) is 12.0 Å². The van der Waals surface area contributed by atoms with Crippen molar-refractivity contribution in [3.8, 4) is 0 Å². The highest BCUT2D eigenvalue weighted by atomic mass is 15.3. The molecule has 0 aliphatic carbocycles. The summed E-state index contributed by atoms with van der Waals surface area (Å²) in [5.41, 5.74) is 2.65. The van der Waals surface area contributed by atoms with E-state index in [9.17, 15) is 0 Å². The number of aliphatic imine (C=N–C) groups is 1. The molecular weight excluding hydrogens is 372 g/mol. The van der Waals surface area contributed by atoms with Crippen molar-refractivity contribution in [3.05, 3.63) is 29.8 Å². The van der Waals surface area contributed by atoms with Crippen LogP contribution in [0.25, 0.3) is 0 Å². The molecule has 6 heteroatoms. The van der Waals surface area contributed by atoms with E-state index < -0.39 is 0 Å². The van der Waals surface area contributed by atoms with Crippen LogP contribution in [0.2, 0.25) is 0 Å². The summed E-state index contributed by atoms with van der Waals surface area (Å²) in [6.45, 7) is 14.7. The minimum Gasteiger partial charge on any atom is -0.372 e. The third-order valence-electron chi connectivity index (χ3n) is 6.67. The molecule has 1 aromatic carbocycles. The second-order valence-corrected chi connectivity index (χ2v) is 9.26. The smallest absolute Gasteiger partial charge is 0.191 e. The monoisotopic (exact) mass is 414 g/mol. The second-order valence-electron chi connectivity index (χ2n) is 9.26. The van der Waals surface area contributed by atoms with Gasteiger partial charge in [-0.05, 0) is 50.4 Å². The van der Waals surface area contributed by atoms with Gasteiger partial charge in [-0.25, -0.2) is 0 Å². The van der Waals surface area contributed by atoms with Gasteiger partial charge in [-0.1, -0.05) is 26.0 Å². The number of piperazine rings is 1. The third kappa shape index (κ3) is 6.11. The lowest BCUT2D eigenvalue weighted by atomic mass is 10.0. The molecule has 1 aromatic rings. The lowest BCUT2D eigenvalue weighted by molar-refractivity contribution is 0.0900. The first-order valence-corrected chi connectivity index (χ1v) is 11.7. The maximum Gasteiger partial charge on any atom is 0.191 e. The number of likely N-dealkylation sites (N-methyl/N-ethyl adjacent to an activating group) is 1. The molecule has 2 aliphatic heterocycles. The highest BCUT2D eigenvalue weighted by molar-refractivity contribution is 5.80. The predicted octanol–water partition coefficient (Wildman–Crippen LogP) is 2.78. The maximum atomic E-state index is 4.50. The Morgan fingerprint density at radius 3 is 2.37 bits per heavy atom. The van der Waals surface area contributed by atoms with Crippen LogP contribution in [0.1, 0.15) is 45.2 Å². The predicted molar refractivity (Wildman–Crippen MR) is 128 cm³/mol. The van der Waals surface area contributed by atoms with E-state index in [0.717, 1.165) is 38.7 Å². The van der Waals surface area contributed by atoms with Gasteiger partial charge in [-0.15, -0.1) is 0 Å². The average Bonchev–Trinajstić information content (AvgIpc) is 3.29. The van der Waals surface area contributed by atoms with E-state index in [-0.39, 0.29) is 6.04 Å². The van der Waals surface area contributed by atoms with Crippen LogP contribution in [-0.2, 0) is 0 Å². The number of benzene rings is 1. The van der Waals surface area contributed by atoms with E-state index in [4.69, 9.17) is 0 Å². The number of rotatable bonds is 7. The van der Waals surface area contributed by atoms with Gasteiger partial charge in [-0.3, -0.25) is 9.89 Å². The van der Waals surface area contributed by atoms with Crippen LogP contribution in [0.5, 0.6) is 0 Å². The van der Waals surface area contributed by atoms with Gasteiger partial charge in [0.05, 0.1) is 6.04 Å². The highest BCUT2D eigenvalue weighted by Gasteiger charge is 2.25. The fourth-order valence-corrected chi connectivity index (χ4v) is 4.59. The molecule has 0 aromatic heterocycles. The van der Waals surface area contributed by atoms with E-state index in [1.165, 1.54) is 37.2 Å². The first-order valence-electron chi connectivity index (χ1n) is 11.7. The molecule has 0 amide bonds. The van der Waals surface area contributed by atoms with Crippen LogP contribution < -0.4 is 15.5 Å². The van der Waals surface area contributed by atoms with Crippen LogP contribution >= 0.6 is 0 Å². The van der Waals surface area contributed by atoms with Crippen molar-refractivity contribution in [2.75, 3.05) is 64.8 Å². The first-order chi connectivity index (χ1) is 14.5. The number of hydrogen-bond acceptors (Lipinski definition) is 4. The van der Waals surface area contributed by atoms with Crippen molar-refractivity contribution in [2.24, 2.45) is 10.9 Å². The Bertz CT molecular complexity index is 674. The van der Waals surface area contributed by atoms with Gasteiger partial charge in [0.25, 0.3) is 0 Å². The van der Waals surface area contributed by atoms with Crippen LogP contribution in [0.15, 0.2) is 29.3 Å². The molecule has 168 valence electrons. The quantitative estimate of drug-likeness (QED) is 0.531. The average molecular weight is 415 g/mol. The van der Waals surface area contributed by atoms with Crippen LogP contribution in [0.3, 0.4) is 0 Å². The summed E-state index contributed by atoms with van der Waals surface area (Å²) < 4.78 is 0. The minimum atomic E-state index is 0.208. The maximum absolute atomic E-state index is 4.50. The number of nitrogens with zero attached hydrogens (tertiary/aromatic N) is 4. The minimum absolute atomic E-state index is 0.208. The zero-order chi connectivity index (χ0) is 21.5. The molecule has 0 saturated carbocycles. The number of anilines is 1. The van der Waals surface area contributed by atoms with Crippen molar-refractivity contribution in [2.45, 2.75) is 45.7 Å². The van der Waals surface area contributed by atoms with E-state index in [1.807, 2.05) is 7.05 Å². The Morgan fingerprint density at radius 2 is 1.73 bits per heavy atom. The molecular formula is C24H42N6. The lowest BCUT2D eigenvalue weighted by Gasteiger charge is -2.40. The van der Waals surface area contributed by atoms with Gasteiger partial charge >= 0.3 is 0 Å². The normalized spacial score (nSPS) is 21.1. The molecule has 2 aliphatic rings. The molecule has 2 unspecified atom stereocenters. The summed E-state index contributed by atoms with van der Waals surface area (Å²) in [7, 11) is 4.08. The molecule has 3 rings (SSSR count). The van der Waals surface area contributed by atoms with Gasteiger partial charge in [0.15, 0.2) is 5.96 Å². The summed E-state index contributed by atoms with van der Waals surface area (Å²) in [5.74, 6) is 1.49. The zero-order valence-corrected chi connectivity index (χ0v) is 19.7.